The van der Waals surface area contributed by atoms with Crippen molar-refractivity contribution in [2.45, 2.75) is 18.9 Å². The highest BCUT2D eigenvalue weighted by Gasteiger charge is 2.42. The van der Waals surface area contributed by atoms with Gasteiger partial charge in [0.1, 0.15) is 0 Å². The van der Waals surface area contributed by atoms with Crippen molar-refractivity contribution in [1.29, 1.82) is 0 Å². The van der Waals surface area contributed by atoms with Crippen LogP contribution in [0.15, 0.2) is 42.5 Å². The Balaban J connectivity index is 1.86. The number of rotatable bonds is 2. The third-order valence-electron chi connectivity index (χ3n) is 3.74. The van der Waals surface area contributed by atoms with Gasteiger partial charge < -0.3 is 10.1 Å². The molecule has 2 aromatic carbocycles. The Labute approximate surface area is 143 Å². The Morgan fingerprint density at radius 1 is 1.22 bits per heavy atom. The molecule has 1 aliphatic heterocycles. The molecule has 0 saturated heterocycles. The number of nitrogens with one attached hydrogen (secondary N) is 1. The lowest BCUT2D eigenvalue weighted by molar-refractivity contribution is -0.134. The normalized spacial score (nSPS) is 19.7. The Morgan fingerprint density at radius 2 is 1.96 bits per heavy atom. The Kier molecular flexibility index (Phi) is 4.04. The molecular formula is C17H13Cl2NO3. The van der Waals surface area contributed by atoms with Crippen LogP contribution < -0.4 is 5.32 Å². The Bertz CT molecular complexity index is 806. The van der Waals surface area contributed by atoms with E-state index in [9.17, 15) is 9.59 Å². The number of cyclic esters (lactones) is 1. The second-order valence-electron chi connectivity index (χ2n) is 5.53. The van der Waals surface area contributed by atoms with Gasteiger partial charge in [-0.05, 0) is 36.8 Å². The predicted molar refractivity (Wildman–Crippen MR) is 89.1 cm³/mol. The molecule has 1 amide bonds. The molecule has 1 atom stereocenters. The first-order valence-electron chi connectivity index (χ1n) is 6.97. The molecule has 0 fully saturated rings. The summed E-state index contributed by atoms with van der Waals surface area (Å²) >= 11 is 11.9. The summed E-state index contributed by atoms with van der Waals surface area (Å²) in [5, 5.41) is 3.48. The summed E-state index contributed by atoms with van der Waals surface area (Å²) in [5.74, 6) is -0.948. The van der Waals surface area contributed by atoms with E-state index in [-0.39, 0.29) is 0 Å². The molecule has 0 unspecified atom stereocenters. The summed E-state index contributed by atoms with van der Waals surface area (Å²) in [4.78, 5) is 24.7. The van der Waals surface area contributed by atoms with Crippen LogP contribution in [0.2, 0.25) is 10.0 Å². The maximum absolute atomic E-state index is 12.6. The number of hydrogen-bond donors (Lipinski definition) is 1. The van der Waals surface area contributed by atoms with Crippen LogP contribution in [0.1, 0.15) is 22.8 Å². The second-order valence-corrected chi connectivity index (χ2v) is 6.38. The SMILES string of the molecule is C[C@@]1(C(=O)Nc2ccc(Cl)cc2Cl)Cc2ccccc2C(=O)O1. The molecule has 0 saturated carbocycles. The minimum atomic E-state index is -1.30. The van der Waals surface area contributed by atoms with E-state index in [4.69, 9.17) is 27.9 Å². The number of esters is 1. The molecule has 1 aliphatic rings. The van der Waals surface area contributed by atoms with Crippen LogP contribution in [0.4, 0.5) is 5.69 Å². The summed E-state index contributed by atoms with van der Waals surface area (Å²) in [5.41, 5.74) is 0.386. The average molecular weight is 350 g/mol. The fourth-order valence-electron chi connectivity index (χ4n) is 2.50. The molecule has 1 heterocycles. The summed E-state index contributed by atoms with van der Waals surface area (Å²) in [6.45, 7) is 1.58. The van der Waals surface area contributed by atoms with Crippen molar-refractivity contribution in [3.05, 3.63) is 63.6 Å². The van der Waals surface area contributed by atoms with Gasteiger partial charge in [0.25, 0.3) is 5.91 Å². The summed E-state index contributed by atoms with van der Waals surface area (Å²) in [6.07, 6.45) is 0.298. The van der Waals surface area contributed by atoms with Crippen molar-refractivity contribution in [1.82, 2.24) is 0 Å². The van der Waals surface area contributed by atoms with Gasteiger partial charge in [0.2, 0.25) is 0 Å². The first-order valence-corrected chi connectivity index (χ1v) is 7.72. The van der Waals surface area contributed by atoms with Crippen molar-refractivity contribution in [3.8, 4) is 0 Å². The summed E-state index contributed by atoms with van der Waals surface area (Å²) < 4.78 is 5.38. The van der Waals surface area contributed by atoms with Gasteiger partial charge in [0.05, 0.1) is 16.3 Å². The molecule has 2 aromatic rings. The van der Waals surface area contributed by atoms with Crippen LogP contribution in [0.3, 0.4) is 0 Å². The largest absolute Gasteiger partial charge is 0.445 e. The van der Waals surface area contributed by atoms with Gasteiger partial charge in [-0.2, -0.15) is 0 Å². The molecule has 3 rings (SSSR count). The fourth-order valence-corrected chi connectivity index (χ4v) is 2.96. The fraction of sp³-hybridized carbons (Fsp3) is 0.176. The molecule has 0 spiro atoms. The molecule has 23 heavy (non-hydrogen) atoms. The van der Waals surface area contributed by atoms with Crippen molar-refractivity contribution in [3.63, 3.8) is 0 Å². The average Bonchev–Trinajstić information content (AvgIpc) is 2.50. The number of anilines is 1. The number of halogens is 2. The first-order chi connectivity index (χ1) is 10.9. The van der Waals surface area contributed by atoms with E-state index in [2.05, 4.69) is 5.32 Å². The lowest BCUT2D eigenvalue weighted by Gasteiger charge is -2.33. The molecule has 1 N–H and O–H groups in total. The van der Waals surface area contributed by atoms with E-state index in [0.717, 1.165) is 5.56 Å². The number of carbonyl (C=O) groups excluding carboxylic acids is 2. The highest BCUT2D eigenvalue weighted by molar-refractivity contribution is 6.36. The smallest absolute Gasteiger partial charge is 0.339 e. The van der Waals surface area contributed by atoms with Crippen molar-refractivity contribution < 1.29 is 14.3 Å². The number of carbonyl (C=O) groups is 2. The lowest BCUT2D eigenvalue weighted by atomic mass is 9.89. The van der Waals surface area contributed by atoms with Gasteiger partial charge in [-0.3, -0.25) is 4.79 Å². The van der Waals surface area contributed by atoms with Crippen LogP contribution in [0.5, 0.6) is 0 Å². The Hall–Kier alpha value is -2.04. The molecule has 0 radical (unpaired) electrons. The van der Waals surface area contributed by atoms with Gasteiger partial charge in [0, 0.05) is 11.4 Å². The van der Waals surface area contributed by atoms with Gasteiger partial charge in [-0.25, -0.2) is 4.79 Å². The highest BCUT2D eigenvalue weighted by atomic mass is 35.5. The molecule has 0 bridgehead atoms. The van der Waals surface area contributed by atoms with E-state index in [1.807, 2.05) is 12.1 Å². The maximum atomic E-state index is 12.6. The minimum absolute atomic E-state index is 0.298. The molecule has 6 heteroatoms. The van der Waals surface area contributed by atoms with E-state index in [1.54, 1.807) is 31.2 Å². The van der Waals surface area contributed by atoms with Gasteiger partial charge in [-0.1, -0.05) is 41.4 Å². The van der Waals surface area contributed by atoms with Crippen molar-refractivity contribution in [2.75, 3.05) is 5.32 Å². The molecule has 118 valence electrons. The van der Waals surface area contributed by atoms with Crippen molar-refractivity contribution in [2.24, 2.45) is 0 Å². The maximum Gasteiger partial charge on any atom is 0.339 e. The van der Waals surface area contributed by atoms with E-state index < -0.39 is 17.5 Å². The van der Waals surface area contributed by atoms with Crippen LogP contribution in [0.25, 0.3) is 0 Å². The number of benzene rings is 2. The lowest BCUT2D eigenvalue weighted by Crippen LogP contribution is -2.48. The molecule has 0 aromatic heterocycles. The zero-order valence-corrected chi connectivity index (χ0v) is 13.7. The van der Waals surface area contributed by atoms with Crippen molar-refractivity contribution >= 4 is 40.8 Å². The zero-order chi connectivity index (χ0) is 16.6. The Morgan fingerprint density at radius 3 is 2.70 bits per heavy atom. The number of fused-ring (bicyclic) bond motifs is 1. The highest BCUT2D eigenvalue weighted by Crippen LogP contribution is 2.31. The zero-order valence-electron chi connectivity index (χ0n) is 12.2. The van der Waals surface area contributed by atoms with Crippen LogP contribution in [-0.2, 0) is 16.0 Å². The van der Waals surface area contributed by atoms with Crippen LogP contribution in [-0.4, -0.2) is 17.5 Å². The van der Waals surface area contributed by atoms with Gasteiger partial charge in [-0.15, -0.1) is 0 Å². The predicted octanol–water partition coefficient (Wildman–Crippen LogP) is 4.10. The van der Waals surface area contributed by atoms with E-state index in [1.165, 1.54) is 6.07 Å². The number of ether oxygens (including phenoxy) is 1. The quantitative estimate of drug-likeness (QED) is 0.830. The minimum Gasteiger partial charge on any atom is -0.445 e. The second kappa shape index (κ2) is 5.87. The van der Waals surface area contributed by atoms with Crippen LogP contribution in [0, 0.1) is 0 Å². The standard InChI is InChI=1S/C17H13Cl2NO3/c1-17(9-10-4-2-3-5-12(10)15(21)23-17)16(22)20-14-7-6-11(18)8-13(14)19/h2-8H,9H2,1H3,(H,20,22)/t17-/m0/s1. The van der Waals surface area contributed by atoms with Gasteiger partial charge in [0.15, 0.2) is 5.60 Å². The van der Waals surface area contributed by atoms with E-state index in [0.29, 0.717) is 27.7 Å². The third-order valence-corrected chi connectivity index (χ3v) is 4.29. The third kappa shape index (κ3) is 3.05. The first kappa shape index (κ1) is 15.8. The van der Waals surface area contributed by atoms with E-state index >= 15 is 0 Å². The topological polar surface area (TPSA) is 55.4 Å². The molecular weight excluding hydrogens is 337 g/mol. The molecule has 0 aliphatic carbocycles. The molecule has 4 nitrogen and oxygen atoms in total. The number of amides is 1. The van der Waals surface area contributed by atoms with Gasteiger partial charge >= 0.3 is 5.97 Å². The summed E-state index contributed by atoms with van der Waals surface area (Å²) in [7, 11) is 0. The summed E-state index contributed by atoms with van der Waals surface area (Å²) in [6, 6.07) is 11.8. The number of hydrogen-bond acceptors (Lipinski definition) is 3. The monoisotopic (exact) mass is 349 g/mol. The van der Waals surface area contributed by atoms with Crippen LogP contribution >= 0.6 is 23.2 Å².